The first-order valence-corrected chi connectivity index (χ1v) is 7.30. The number of alkyl halides is 3. The Morgan fingerprint density at radius 1 is 1.32 bits per heavy atom. The number of aromatic nitrogens is 2. The Morgan fingerprint density at radius 3 is 2.52 bits per heavy atom. The van der Waals surface area contributed by atoms with Crippen LogP contribution in [0.4, 0.5) is 18.9 Å². The molecule has 10 heteroatoms. The molecule has 0 saturated heterocycles. The molecule has 25 heavy (non-hydrogen) atoms. The van der Waals surface area contributed by atoms with Crippen molar-refractivity contribution in [3.63, 3.8) is 0 Å². The van der Waals surface area contributed by atoms with Crippen LogP contribution in [0.3, 0.4) is 0 Å². The zero-order chi connectivity index (χ0) is 18.8. The van der Waals surface area contributed by atoms with Gasteiger partial charge in [-0.2, -0.15) is 18.3 Å². The van der Waals surface area contributed by atoms with Crippen LogP contribution in [0.2, 0.25) is 5.02 Å². The van der Waals surface area contributed by atoms with E-state index in [2.05, 4.69) is 15.2 Å². The Bertz CT molecular complexity index is 818. The Hall–Kier alpha value is -2.55. The third-order valence-corrected chi connectivity index (χ3v) is 3.75. The van der Waals surface area contributed by atoms with E-state index >= 15 is 0 Å². The summed E-state index contributed by atoms with van der Waals surface area (Å²) in [5, 5.41) is 5.23. The molecule has 0 fully saturated rings. The molecule has 0 spiro atoms. The molecule has 0 unspecified atom stereocenters. The van der Waals surface area contributed by atoms with E-state index in [1.165, 1.54) is 26.2 Å². The summed E-state index contributed by atoms with van der Waals surface area (Å²) in [5.74, 6) is -1.33. The molecule has 1 amide bonds. The van der Waals surface area contributed by atoms with Crippen molar-refractivity contribution in [2.45, 2.75) is 19.6 Å². The first-order valence-electron chi connectivity index (χ1n) is 6.92. The molecule has 134 valence electrons. The second kappa shape index (κ2) is 7.14. The monoisotopic (exact) mass is 375 g/mol. The fraction of sp³-hybridized carbons (Fsp3) is 0.267. The first-order chi connectivity index (χ1) is 11.6. The molecule has 1 heterocycles. The number of methoxy groups -OCH3 is 1. The van der Waals surface area contributed by atoms with E-state index in [9.17, 15) is 22.8 Å². The van der Waals surface area contributed by atoms with Crippen LogP contribution in [0, 0.1) is 6.92 Å². The van der Waals surface area contributed by atoms with Crippen molar-refractivity contribution in [1.29, 1.82) is 0 Å². The number of anilines is 1. The van der Waals surface area contributed by atoms with Gasteiger partial charge in [0.05, 0.1) is 29.1 Å². The summed E-state index contributed by atoms with van der Waals surface area (Å²) in [6.45, 7) is 0.817. The van der Waals surface area contributed by atoms with Crippen LogP contribution in [-0.4, -0.2) is 28.8 Å². The van der Waals surface area contributed by atoms with Crippen LogP contribution in [0.1, 0.15) is 21.7 Å². The van der Waals surface area contributed by atoms with E-state index in [-0.39, 0.29) is 16.9 Å². The average molecular weight is 376 g/mol. The number of hydrogen-bond acceptors (Lipinski definition) is 4. The van der Waals surface area contributed by atoms with Gasteiger partial charge in [-0.25, -0.2) is 4.79 Å². The second-order valence-electron chi connectivity index (χ2n) is 4.99. The Morgan fingerprint density at radius 2 is 1.96 bits per heavy atom. The summed E-state index contributed by atoms with van der Waals surface area (Å²) in [7, 11) is 1.19. The van der Waals surface area contributed by atoms with E-state index in [0.29, 0.717) is 0 Å². The predicted molar refractivity (Wildman–Crippen MR) is 83.4 cm³/mol. The second-order valence-corrected chi connectivity index (χ2v) is 5.37. The van der Waals surface area contributed by atoms with Gasteiger partial charge in [0.25, 0.3) is 0 Å². The highest BCUT2D eigenvalue weighted by molar-refractivity contribution is 6.32. The molecule has 0 atom stereocenters. The summed E-state index contributed by atoms with van der Waals surface area (Å²) >= 11 is 5.63. The lowest BCUT2D eigenvalue weighted by Gasteiger charge is -2.10. The number of carbonyl (C=O) groups is 2. The van der Waals surface area contributed by atoms with E-state index in [0.717, 1.165) is 4.68 Å². The summed E-state index contributed by atoms with van der Waals surface area (Å²) < 4.78 is 43.8. The van der Waals surface area contributed by atoms with Gasteiger partial charge in [-0.3, -0.25) is 9.48 Å². The van der Waals surface area contributed by atoms with Crippen molar-refractivity contribution in [2.75, 3.05) is 12.4 Å². The molecule has 0 saturated carbocycles. The minimum atomic E-state index is -4.72. The number of nitrogens with one attached hydrogen (secondary N) is 1. The minimum absolute atomic E-state index is 0.00500. The van der Waals surface area contributed by atoms with E-state index in [4.69, 9.17) is 11.6 Å². The molecule has 2 rings (SSSR count). The van der Waals surface area contributed by atoms with E-state index in [1.807, 2.05) is 0 Å². The van der Waals surface area contributed by atoms with Gasteiger partial charge in [0.1, 0.15) is 6.54 Å². The highest BCUT2D eigenvalue weighted by Gasteiger charge is 2.38. The van der Waals surface area contributed by atoms with Gasteiger partial charge in [-0.05, 0) is 19.1 Å². The van der Waals surface area contributed by atoms with Gasteiger partial charge in [-0.15, -0.1) is 0 Å². The Labute approximate surface area is 145 Å². The van der Waals surface area contributed by atoms with Crippen molar-refractivity contribution in [3.8, 4) is 0 Å². The molecule has 0 aliphatic heterocycles. The maximum Gasteiger partial charge on any atom is 0.436 e. The van der Waals surface area contributed by atoms with Crippen molar-refractivity contribution in [3.05, 3.63) is 46.2 Å². The fourth-order valence-electron chi connectivity index (χ4n) is 2.07. The molecule has 0 radical (unpaired) electrons. The lowest BCUT2D eigenvalue weighted by Crippen LogP contribution is -2.22. The predicted octanol–water partition coefficient (Wildman–Crippen LogP) is 3.29. The van der Waals surface area contributed by atoms with Crippen molar-refractivity contribution in [1.82, 2.24) is 9.78 Å². The van der Waals surface area contributed by atoms with Gasteiger partial charge in [0, 0.05) is 0 Å². The number of benzene rings is 1. The lowest BCUT2D eigenvalue weighted by atomic mass is 10.2. The summed E-state index contributed by atoms with van der Waals surface area (Å²) in [6, 6.07) is 6.07. The van der Waals surface area contributed by atoms with Gasteiger partial charge in [0.15, 0.2) is 5.69 Å². The van der Waals surface area contributed by atoms with Gasteiger partial charge < -0.3 is 10.1 Å². The third-order valence-electron chi connectivity index (χ3n) is 3.30. The molecule has 1 aromatic heterocycles. The quantitative estimate of drug-likeness (QED) is 0.832. The highest BCUT2D eigenvalue weighted by atomic mass is 35.5. The van der Waals surface area contributed by atoms with E-state index in [1.54, 1.807) is 12.1 Å². The maximum absolute atomic E-state index is 12.8. The van der Waals surface area contributed by atoms with Gasteiger partial charge >= 0.3 is 12.1 Å². The van der Waals surface area contributed by atoms with E-state index < -0.39 is 35.3 Å². The summed E-state index contributed by atoms with van der Waals surface area (Å²) in [6.07, 6.45) is -4.72. The minimum Gasteiger partial charge on any atom is -0.465 e. The van der Waals surface area contributed by atoms with Crippen molar-refractivity contribution >= 4 is 29.2 Å². The molecule has 0 bridgehead atoms. The molecule has 1 N–H and O–H groups in total. The third kappa shape index (κ3) is 4.11. The number of ether oxygens (including phenoxy) is 1. The molecule has 1 aromatic carbocycles. The average Bonchev–Trinajstić information content (AvgIpc) is 2.83. The highest BCUT2D eigenvalue weighted by Crippen LogP contribution is 2.35. The number of nitrogens with zero attached hydrogens (tertiary/aromatic N) is 2. The fourth-order valence-corrected chi connectivity index (χ4v) is 2.31. The largest absolute Gasteiger partial charge is 0.465 e. The van der Waals surface area contributed by atoms with Crippen LogP contribution in [0.5, 0.6) is 0 Å². The van der Waals surface area contributed by atoms with Crippen LogP contribution in [0.15, 0.2) is 24.3 Å². The number of carbonyl (C=O) groups excluding carboxylic acids is 2. The maximum atomic E-state index is 12.8. The molecule has 6 nitrogen and oxygen atoms in total. The molecule has 0 aliphatic rings. The van der Waals surface area contributed by atoms with Crippen LogP contribution in [-0.2, 0) is 22.3 Å². The number of rotatable bonds is 4. The standard InChI is InChI=1S/C15H13ClF3N3O3/c1-8-12(16)13(15(17,18)19)21-22(8)7-11(23)20-10-6-4-3-5-9(10)14(24)25-2/h3-6H,7H2,1-2H3,(H,20,23). The SMILES string of the molecule is COC(=O)c1ccccc1NC(=O)Cn1nc(C(F)(F)F)c(Cl)c1C. The summed E-state index contributed by atoms with van der Waals surface area (Å²) in [5.41, 5.74) is -0.962. The first kappa shape index (κ1) is 18.8. The zero-order valence-corrected chi connectivity index (χ0v) is 13.9. The normalized spacial score (nSPS) is 11.3. The zero-order valence-electron chi connectivity index (χ0n) is 13.1. The molecular formula is C15H13ClF3N3O3. The van der Waals surface area contributed by atoms with Crippen LogP contribution in [0.25, 0.3) is 0 Å². The van der Waals surface area contributed by atoms with Crippen molar-refractivity contribution in [2.24, 2.45) is 0 Å². The Balaban J connectivity index is 2.21. The van der Waals surface area contributed by atoms with Gasteiger partial charge in [0.2, 0.25) is 5.91 Å². The van der Waals surface area contributed by atoms with Crippen LogP contribution >= 0.6 is 11.6 Å². The number of para-hydroxylation sites is 1. The number of hydrogen-bond donors (Lipinski definition) is 1. The van der Waals surface area contributed by atoms with Gasteiger partial charge in [-0.1, -0.05) is 23.7 Å². The number of amides is 1. The molecule has 0 aliphatic carbocycles. The number of esters is 1. The Kier molecular flexibility index (Phi) is 5.36. The van der Waals surface area contributed by atoms with Crippen LogP contribution < -0.4 is 5.32 Å². The number of halogens is 4. The van der Waals surface area contributed by atoms with Crippen molar-refractivity contribution < 1.29 is 27.5 Å². The summed E-state index contributed by atoms with van der Waals surface area (Å²) in [4.78, 5) is 23.8. The topological polar surface area (TPSA) is 73.2 Å². The smallest absolute Gasteiger partial charge is 0.436 e. The molecule has 2 aromatic rings. The molecular weight excluding hydrogens is 363 g/mol. The lowest BCUT2D eigenvalue weighted by molar-refractivity contribution is -0.141.